The first-order valence-electron chi connectivity index (χ1n) is 13.5. The average Bonchev–Trinajstić information content (AvgIpc) is 2.78. The fourth-order valence-electron chi connectivity index (χ4n) is 4.25. The van der Waals surface area contributed by atoms with E-state index in [-0.39, 0.29) is 19.8 Å². The average molecular weight is 581 g/mol. The van der Waals surface area contributed by atoms with E-state index < -0.39 is 28.2 Å². The molecule has 10 N–H and O–H groups in total. The van der Waals surface area contributed by atoms with Gasteiger partial charge in [0.1, 0.15) is 0 Å². The van der Waals surface area contributed by atoms with Gasteiger partial charge < -0.3 is 49.8 Å². The summed E-state index contributed by atoms with van der Waals surface area (Å²) in [6, 6.07) is 0. The van der Waals surface area contributed by atoms with E-state index in [0.29, 0.717) is 12.8 Å². The second-order valence-corrected chi connectivity index (χ2v) is 11.8. The van der Waals surface area contributed by atoms with Crippen molar-refractivity contribution in [3.05, 3.63) is 0 Å². The molecule has 0 saturated carbocycles. The number of rotatable bonds is 20. The standard InChI is InChI=1S/C25H52O4.2H3O3P/c1-22(2)15-11-7-5-9-13-17-25(29,24(19-26,20-27)21-28)18-14-10-6-8-12-16-23(3)4;2*1-4(2)3/h22-23,26-29H,5-21H2,1-4H3;2*1-3H. The maximum absolute atomic E-state index is 11.4. The highest BCUT2D eigenvalue weighted by atomic mass is 31.2. The molecule has 0 aliphatic rings. The maximum Gasteiger partial charge on any atom is 0.324 e. The molecule has 0 aromatic heterocycles. The Morgan fingerprint density at radius 2 is 0.730 bits per heavy atom. The Morgan fingerprint density at radius 1 is 0.486 bits per heavy atom. The zero-order chi connectivity index (χ0) is 29.3. The van der Waals surface area contributed by atoms with E-state index in [4.69, 9.17) is 29.4 Å². The summed E-state index contributed by atoms with van der Waals surface area (Å²) in [7, 11) is -5.24. The van der Waals surface area contributed by atoms with Gasteiger partial charge in [0.2, 0.25) is 0 Å². The quantitative estimate of drug-likeness (QED) is 0.0745. The van der Waals surface area contributed by atoms with Crippen LogP contribution in [0.1, 0.15) is 118 Å². The zero-order valence-corrected chi connectivity index (χ0v) is 25.3. The van der Waals surface area contributed by atoms with Crippen LogP contribution in [-0.2, 0) is 0 Å². The Morgan fingerprint density at radius 3 is 0.973 bits per heavy atom. The third kappa shape index (κ3) is 26.4. The van der Waals surface area contributed by atoms with Crippen LogP contribution in [0.15, 0.2) is 0 Å². The first-order chi connectivity index (χ1) is 17.2. The van der Waals surface area contributed by atoms with Gasteiger partial charge in [0.05, 0.1) is 30.8 Å². The summed E-state index contributed by atoms with van der Waals surface area (Å²) in [5.41, 5.74) is -2.43. The highest BCUT2D eigenvalue weighted by Crippen LogP contribution is 2.39. The van der Waals surface area contributed by atoms with Crippen molar-refractivity contribution in [3.63, 3.8) is 0 Å². The molecule has 0 heterocycles. The number of aliphatic hydroxyl groups excluding tert-OH is 3. The largest absolute Gasteiger partial charge is 0.395 e. The Balaban J connectivity index is -0.00000125. The summed E-state index contributed by atoms with van der Waals surface area (Å²) < 4.78 is 0. The molecule has 0 aromatic rings. The first kappa shape index (κ1) is 41.9. The zero-order valence-electron chi connectivity index (χ0n) is 23.5. The second-order valence-electron chi connectivity index (χ2n) is 10.7. The highest BCUT2D eigenvalue weighted by molar-refractivity contribution is 7.38. The van der Waals surface area contributed by atoms with Crippen LogP contribution in [0.2, 0.25) is 0 Å². The lowest BCUT2D eigenvalue weighted by molar-refractivity contribution is -0.162. The van der Waals surface area contributed by atoms with Crippen LogP contribution >= 0.6 is 17.2 Å². The summed E-state index contributed by atoms with van der Waals surface area (Å²) in [6.45, 7) is 7.84. The van der Waals surface area contributed by atoms with Gasteiger partial charge in [0.15, 0.2) is 0 Å². The monoisotopic (exact) mass is 580 g/mol. The fraction of sp³-hybridized carbons (Fsp3) is 1.00. The molecule has 0 fully saturated rings. The van der Waals surface area contributed by atoms with Crippen LogP contribution in [-0.4, -0.2) is 75.2 Å². The predicted octanol–water partition coefficient (Wildman–Crippen LogP) is 3.83. The SMILES string of the molecule is CC(C)CCCCCCCC(O)(CCCCCCCC(C)C)C(CO)(CO)CO.OP(O)O.OP(O)O. The molecule has 0 atom stereocenters. The Hall–Kier alpha value is 0.460. The maximum atomic E-state index is 11.4. The molecular weight excluding hydrogens is 522 g/mol. The van der Waals surface area contributed by atoms with E-state index >= 15 is 0 Å². The molecule has 10 nitrogen and oxygen atoms in total. The smallest absolute Gasteiger partial charge is 0.324 e. The van der Waals surface area contributed by atoms with E-state index in [1.54, 1.807) is 0 Å². The van der Waals surface area contributed by atoms with E-state index in [1.165, 1.54) is 38.5 Å². The van der Waals surface area contributed by atoms with Gasteiger partial charge >= 0.3 is 17.2 Å². The van der Waals surface area contributed by atoms with Crippen molar-refractivity contribution in [1.82, 2.24) is 0 Å². The van der Waals surface area contributed by atoms with Crippen molar-refractivity contribution in [2.75, 3.05) is 19.8 Å². The normalized spacial score (nSPS) is 12.2. The molecule has 0 bridgehead atoms. The topological polar surface area (TPSA) is 202 Å². The Bertz CT molecular complexity index is 423. The highest BCUT2D eigenvalue weighted by Gasteiger charge is 2.48. The fourth-order valence-corrected chi connectivity index (χ4v) is 4.25. The molecule has 12 heteroatoms. The third-order valence-electron chi connectivity index (χ3n) is 6.64. The number of aliphatic hydroxyl groups is 4. The van der Waals surface area contributed by atoms with Crippen molar-refractivity contribution in [2.45, 2.75) is 123 Å². The van der Waals surface area contributed by atoms with E-state index in [0.717, 1.165) is 50.4 Å². The second kappa shape index (κ2) is 26.7. The van der Waals surface area contributed by atoms with Crippen LogP contribution < -0.4 is 0 Å². The van der Waals surface area contributed by atoms with Gasteiger partial charge in [0.25, 0.3) is 0 Å². The van der Waals surface area contributed by atoms with Crippen LogP contribution in [0.5, 0.6) is 0 Å². The molecule has 228 valence electrons. The molecule has 0 aliphatic heterocycles. The molecule has 0 unspecified atom stereocenters. The Kier molecular flexibility index (Phi) is 30.2. The van der Waals surface area contributed by atoms with Crippen molar-refractivity contribution >= 4 is 17.2 Å². The summed E-state index contributed by atoms with van der Waals surface area (Å²) in [4.78, 5) is 43.4. The molecular formula is C25H58O10P2. The molecule has 0 aliphatic carbocycles. The molecule has 0 amide bonds. The molecule has 37 heavy (non-hydrogen) atoms. The van der Waals surface area contributed by atoms with Gasteiger partial charge in [0, 0.05) is 0 Å². The van der Waals surface area contributed by atoms with Gasteiger partial charge in [-0.05, 0) is 24.7 Å². The van der Waals surface area contributed by atoms with Crippen LogP contribution in [0, 0.1) is 17.3 Å². The number of hydrogen-bond acceptors (Lipinski definition) is 10. The van der Waals surface area contributed by atoms with Gasteiger partial charge in [-0.2, -0.15) is 0 Å². The van der Waals surface area contributed by atoms with Gasteiger partial charge in [-0.1, -0.05) is 105 Å². The minimum absolute atomic E-state index is 0.390. The van der Waals surface area contributed by atoms with E-state index in [9.17, 15) is 20.4 Å². The van der Waals surface area contributed by atoms with Crippen LogP contribution in [0.25, 0.3) is 0 Å². The Labute approximate surface area is 227 Å². The van der Waals surface area contributed by atoms with E-state index in [2.05, 4.69) is 27.7 Å². The van der Waals surface area contributed by atoms with Crippen molar-refractivity contribution in [3.8, 4) is 0 Å². The molecule has 0 saturated heterocycles. The minimum Gasteiger partial charge on any atom is -0.395 e. The predicted molar refractivity (Wildman–Crippen MR) is 150 cm³/mol. The number of unbranched alkanes of at least 4 members (excludes halogenated alkanes) is 8. The summed E-state index contributed by atoms with van der Waals surface area (Å²) in [6.07, 6.45) is 14.7. The first-order valence-corrected chi connectivity index (χ1v) is 15.9. The number of hydrogen-bond donors (Lipinski definition) is 10. The van der Waals surface area contributed by atoms with Gasteiger partial charge in [-0.15, -0.1) is 0 Å². The minimum atomic E-state index is -2.62. The third-order valence-corrected chi connectivity index (χ3v) is 6.64. The van der Waals surface area contributed by atoms with Gasteiger partial charge in [-0.3, -0.25) is 0 Å². The summed E-state index contributed by atoms with van der Waals surface area (Å²) >= 11 is 0. The summed E-state index contributed by atoms with van der Waals surface area (Å²) in [5.74, 6) is 1.51. The van der Waals surface area contributed by atoms with Crippen LogP contribution in [0.4, 0.5) is 0 Å². The lowest BCUT2D eigenvalue weighted by Crippen LogP contribution is -2.55. The van der Waals surface area contributed by atoms with Crippen molar-refractivity contribution in [2.24, 2.45) is 17.3 Å². The summed E-state index contributed by atoms with van der Waals surface area (Å²) in [5, 5.41) is 41.0. The van der Waals surface area contributed by atoms with Crippen molar-refractivity contribution < 1.29 is 49.8 Å². The molecule has 0 rings (SSSR count). The van der Waals surface area contributed by atoms with Crippen LogP contribution in [0.3, 0.4) is 0 Å². The lowest BCUT2D eigenvalue weighted by atomic mass is 9.68. The molecule has 0 radical (unpaired) electrons. The molecule has 0 spiro atoms. The van der Waals surface area contributed by atoms with Crippen molar-refractivity contribution in [1.29, 1.82) is 0 Å². The lowest BCUT2D eigenvalue weighted by Gasteiger charge is -2.44. The molecule has 0 aromatic carbocycles. The van der Waals surface area contributed by atoms with Gasteiger partial charge in [-0.25, -0.2) is 0 Å². The van der Waals surface area contributed by atoms with E-state index in [1.807, 2.05) is 0 Å².